The number of benzene rings is 1. The summed E-state index contributed by atoms with van der Waals surface area (Å²) < 4.78 is 97.7. The summed E-state index contributed by atoms with van der Waals surface area (Å²) in [5.41, 5.74) is -1.17. The fourth-order valence-electron chi connectivity index (χ4n) is 5.72. The number of carbonyl (C=O) groups is 2. The molecule has 0 radical (unpaired) electrons. The summed E-state index contributed by atoms with van der Waals surface area (Å²) in [5.74, 6) is -12.8. The van der Waals surface area contributed by atoms with Crippen molar-refractivity contribution in [2.75, 3.05) is 0 Å². The first-order chi connectivity index (χ1) is 14.3. The standard InChI is InChI=1S/C19H18F4O7S/c1-7(24)29-15-9-2-8-3-10(15)6-19(4-8,5-9)18(25)30-16-11(20)13(22)17(31(26,27)28)14(23)12(16)21/h8-10,15H,2-6H2,1H3,(H,26,27,28). The molecule has 2 atom stereocenters. The predicted molar refractivity (Wildman–Crippen MR) is 93.3 cm³/mol. The van der Waals surface area contributed by atoms with Gasteiger partial charge in [0.2, 0.25) is 17.4 Å². The van der Waals surface area contributed by atoms with Gasteiger partial charge in [0.25, 0.3) is 0 Å². The van der Waals surface area contributed by atoms with Gasteiger partial charge in [-0.15, -0.1) is 0 Å². The summed E-state index contributed by atoms with van der Waals surface area (Å²) in [5, 5.41) is 0. The van der Waals surface area contributed by atoms with E-state index in [1.165, 1.54) is 6.92 Å². The Morgan fingerprint density at radius 3 is 1.94 bits per heavy atom. The zero-order valence-corrected chi connectivity index (χ0v) is 17.0. The van der Waals surface area contributed by atoms with E-state index in [0.29, 0.717) is 19.3 Å². The Morgan fingerprint density at radius 1 is 0.968 bits per heavy atom. The van der Waals surface area contributed by atoms with Crippen LogP contribution in [0.3, 0.4) is 0 Å². The third-order valence-electron chi connectivity index (χ3n) is 6.56. The van der Waals surface area contributed by atoms with Crippen LogP contribution in [0.5, 0.6) is 5.75 Å². The van der Waals surface area contributed by atoms with Crippen molar-refractivity contribution in [1.82, 2.24) is 0 Å². The summed E-state index contributed by atoms with van der Waals surface area (Å²) in [6.45, 7) is 1.28. The number of rotatable bonds is 4. The Balaban J connectivity index is 1.65. The van der Waals surface area contributed by atoms with Gasteiger partial charge in [0, 0.05) is 6.92 Å². The van der Waals surface area contributed by atoms with Gasteiger partial charge in [-0.05, 0) is 49.9 Å². The lowest BCUT2D eigenvalue weighted by Crippen LogP contribution is -2.58. The van der Waals surface area contributed by atoms with E-state index in [2.05, 4.69) is 0 Å². The molecule has 4 aliphatic carbocycles. The number of esters is 2. The number of hydrogen-bond donors (Lipinski definition) is 1. The molecule has 0 saturated heterocycles. The molecule has 1 N–H and O–H groups in total. The van der Waals surface area contributed by atoms with Crippen LogP contribution in [0.2, 0.25) is 0 Å². The van der Waals surface area contributed by atoms with Crippen LogP contribution in [0, 0.1) is 46.4 Å². The van der Waals surface area contributed by atoms with E-state index >= 15 is 0 Å². The average molecular weight is 466 g/mol. The fourth-order valence-corrected chi connectivity index (χ4v) is 6.35. The van der Waals surface area contributed by atoms with Gasteiger partial charge in [-0.1, -0.05) is 0 Å². The maximum atomic E-state index is 14.3. The number of halogens is 4. The van der Waals surface area contributed by atoms with E-state index in [9.17, 15) is 35.6 Å². The first kappa shape index (κ1) is 22.0. The maximum Gasteiger partial charge on any atom is 0.317 e. The average Bonchev–Trinajstić information content (AvgIpc) is 2.64. The van der Waals surface area contributed by atoms with Crippen molar-refractivity contribution >= 4 is 22.1 Å². The lowest BCUT2D eigenvalue weighted by atomic mass is 9.48. The van der Waals surface area contributed by atoms with Gasteiger partial charge < -0.3 is 9.47 Å². The molecular weight excluding hydrogens is 448 g/mol. The molecule has 31 heavy (non-hydrogen) atoms. The van der Waals surface area contributed by atoms with E-state index in [4.69, 9.17) is 14.0 Å². The molecule has 0 spiro atoms. The molecule has 0 amide bonds. The normalized spacial score (nSPS) is 31.5. The summed E-state index contributed by atoms with van der Waals surface area (Å²) in [7, 11) is -5.62. The first-order valence-corrected chi connectivity index (χ1v) is 11.0. The highest BCUT2D eigenvalue weighted by Crippen LogP contribution is 2.61. The van der Waals surface area contributed by atoms with Gasteiger partial charge in [0.1, 0.15) is 6.10 Å². The molecule has 2 unspecified atom stereocenters. The summed E-state index contributed by atoms with van der Waals surface area (Å²) in [6, 6.07) is 0. The van der Waals surface area contributed by atoms with Gasteiger partial charge in [0.05, 0.1) is 5.41 Å². The van der Waals surface area contributed by atoms with Gasteiger partial charge >= 0.3 is 22.1 Å². The highest BCUT2D eigenvalue weighted by molar-refractivity contribution is 7.85. The Hall–Kier alpha value is -2.21. The molecule has 4 bridgehead atoms. The van der Waals surface area contributed by atoms with Crippen LogP contribution < -0.4 is 4.74 Å². The van der Waals surface area contributed by atoms with E-state index in [1.54, 1.807) is 0 Å². The van der Waals surface area contributed by atoms with Gasteiger partial charge in [-0.25, -0.2) is 8.78 Å². The van der Waals surface area contributed by atoms with E-state index in [1.807, 2.05) is 0 Å². The molecule has 0 heterocycles. The topological polar surface area (TPSA) is 107 Å². The molecule has 7 nitrogen and oxygen atoms in total. The van der Waals surface area contributed by atoms with Crippen molar-refractivity contribution in [2.45, 2.75) is 50.0 Å². The highest BCUT2D eigenvalue weighted by Gasteiger charge is 2.60. The second-order valence-electron chi connectivity index (χ2n) is 8.60. The second kappa shape index (κ2) is 7.16. The summed E-state index contributed by atoms with van der Waals surface area (Å²) in [6.07, 6.45) is 1.81. The predicted octanol–water partition coefficient (Wildman–Crippen LogP) is 3.15. The largest absolute Gasteiger partial charge is 0.462 e. The SMILES string of the molecule is CC(=O)OC1C2CC3CC1CC(C(=O)Oc1c(F)c(F)c(S(=O)(=O)O)c(F)c1F)(C3)C2. The molecule has 0 aliphatic heterocycles. The second-order valence-corrected chi connectivity index (χ2v) is 9.96. The van der Waals surface area contributed by atoms with Crippen molar-refractivity contribution < 1.29 is 49.6 Å². The van der Waals surface area contributed by atoms with Gasteiger partial charge in [0.15, 0.2) is 16.5 Å². The third kappa shape index (κ3) is 3.49. The minimum absolute atomic E-state index is 0.0990. The molecule has 1 aromatic carbocycles. The number of carbonyl (C=O) groups excluding carboxylic acids is 2. The molecule has 1 aromatic rings. The van der Waals surface area contributed by atoms with Crippen molar-refractivity contribution in [3.8, 4) is 5.75 Å². The third-order valence-corrected chi connectivity index (χ3v) is 7.43. The van der Waals surface area contributed by atoms with Crippen LogP contribution >= 0.6 is 0 Å². The van der Waals surface area contributed by atoms with E-state index in [-0.39, 0.29) is 36.7 Å². The zero-order chi connectivity index (χ0) is 22.9. The van der Waals surface area contributed by atoms with Crippen molar-refractivity contribution in [3.05, 3.63) is 23.3 Å². The fraction of sp³-hybridized carbons (Fsp3) is 0.579. The Kier molecular flexibility index (Phi) is 5.08. The van der Waals surface area contributed by atoms with E-state index < -0.39 is 61.4 Å². The van der Waals surface area contributed by atoms with Crippen molar-refractivity contribution in [2.24, 2.45) is 23.2 Å². The molecule has 0 aromatic heterocycles. The lowest BCUT2D eigenvalue weighted by molar-refractivity contribution is -0.189. The van der Waals surface area contributed by atoms with E-state index in [0.717, 1.165) is 0 Å². The number of ether oxygens (including phenoxy) is 2. The van der Waals surface area contributed by atoms with Crippen LogP contribution in [-0.4, -0.2) is 31.0 Å². The number of hydrogen-bond acceptors (Lipinski definition) is 6. The van der Waals surface area contributed by atoms with Crippen LogP contribution in [0.4, 0.5) is 17.6 Å². The minimum atomic E-state index is -5.62. The lowest BCUT2D eigenvalue weighted by Gasteiger charge is -2.57. The Bertz CT molecular complexity index is 1040. The van der Waals surface area contributed by atoms with Crippen molar-refractivity contribution in [3.63, 3.8) is 0 Å². The van der Waals surface area contributed by atoms with Crippen LogP contribution in [0.25, 0.3) is 0 Å². The Labute approximate surface area is 174 Å². The minimum Gasteiger partial charge on any atom is -0.462 e. The Morgan fingerprint density at radius 2 is 1.48 bits per heavy atom. The van der Waals surface area contributed by atoms with Crippen LogP contribution in [0.1, 0.15) is 39.0 Å². The van der Waals surface area contributed by atoms with Gasteiger partial charge in [-0.2, -0.15) is 17.2 Å². The molecule has 4 fully saturated rings. The molecular formula is C19H18F4O7S. The zero-order valence-electron chi connectivity index (χ0n) is 16.2. The molecule has 4 saturated carbocycles. The van der Waals surface area contributed by atoms with Crippen molar-refractivity contribution in [1.29, 1.82) is 0 Å². The van der Waals surface area contributed by atoms with Crippen LogP contribution in [0.15, 0.2) is 4.90 Å². The monoisotopic (exact) mass is 466 g/mol. The maximum absolute atomic E-state index is 14.3. The highest BCUT2D eigenvalue weighted by atomic mass is 32.2. The molecule has 12 heteroatoms. The van der Waals surface area contributed by atoms with Crippen LogP contribution in [-0.2, 0) is 24.4 Å². The summed E-state index contributed by atoms with van der Waals surface area (Å²) >= 11 is 0. The van der Waals surface area contributed by atoms with Gasteiger partial charge in [-0.3, -0.25) is 14.1 Å². The smallest absolute Gasteiger partial charge is 0.317 e. The molecule has 170 valence electrons. The summed E-state index contributed by atoms with van der Waals surface area (Å²) in [4.78, 5) is 22.1. The molecule has 5 rings (SSSR count). The quantitative estimate of drug-likeness (QED) is 0.239. The molecule has 4 aliphatic rings. The first-order valence-electron chi connectivity index (χ1n) is 9.57.